The van der Waals surface area contributed by atoms with Gasteiger partial charge >= 0.3 is 0 Å². The normalized spacial score (nSPS) is 10.4. The Morgan fingerprint density at radius 2 is 1.75 bits per heavy atom. The Hall–Kier alpha value is -2.88. The van der Waals surface area contributed by atoms with Crippen LogP contribution < -0.4 is 5.32 Å². The smallest absolute Gasteiger partial charge is 0.256 e. The van der Waals surface area contributed by atoms with Crippen molar-refractivity contribution in [3.05, 3.63) is 66.2 Å². The van der Waals surface area contributed by atoms with E-state index in [-0.39, 0.29) is 11.7 Å². The number of aromatic nitrogens is 1. The Labute approximate surface area is 115 Å². The molecular formula is C16H12N2O2. The van der Waals surface area contributed by atoms with Crippen LogP contribution in [0.2, 0.25) is 0 Å². The van der Waals surface area contributed by atoms with Crippen LogP contribution in [-0.4, -0.2) is 16.0 Å². The highest BCUT2D eigenvalue weighted by Gasteiger charge is 2.07. The minimum Gasteiger partial charge on any atom is -0.506 e. The van der Waals surface area contributed by atoms with Crippen LogP contribution in [0.3, 0.4) is 0 Å². The van der Waals surface area contributed by atoms with E-state index in [1.165, 1.54) is 0 Å². The molecule has 1 heterocycles. The lowest BCUT2D eigenvalue weighted by Gasteiger charge is -2.06. The first-order valence-corrected chi connectivity index (χ1v) is 6.19. The van der Waals surface area contributed by atoms with E-state index in [9.17, 15) is 9.90 Å². The molecule has 1 amide bonds. The van der Waals surface area contributed by atoms with Gasteiger partial charge in [0.05, 0.1) is 0 Å². The molecule has 0 saturated heterocycles. The van der Waals surface area contributed by atoms with Crippen molar-refractivity contribution in [2.45, 2.75) is 0 Å². The highest BCUT2D eigenvalue weighted by molar-refractivity contribution is 6.04. The van der Waals surface area contributed by atoms with Crippen LogP contribution >= 0.6 is 0 Å². The third-order valence-electron chi connectivity index (χ3n) is 2.98. The predicted molar refractivity (Wildman–Crippen MR) is 77.8 cm³/mol. The number of para-hydroxylation sites is 1. The molecule has 0 saturated carbocycles. The van der Waals surface area contributed by atoms with Crippen LogP contribution in [-0.2, 0) is 0 Å². The summed E-state index contributed by atoms with van der Waals surface area (Å²) in [5, 5.41) is 13.3. The summed E-state index contributed by atoms with van der Waals surface area (Å²) in [6.07, 6.45) is 0. The van der Waals surface area contributed by atoms with Gasteiger partial charge in [-0.3, -0.25) is 4.79 Å². The van der Waals surface area contributed by atoms with E-state index in [1.807, 2.05) is 18.2 Å². The number of pyridine rings is 1. The molecule has 0 aliphatic heterocycles. The van der Waals surface area contributed by atoms with Gasteiger partial charge in [0.15, 0.2) is 0 Å². The summed E-state index contributed by atoms with van der Waals surface area (Å²) >= 11 is 0. The zero-order chi connectivity index (χ0) is 13.9. The van der Waals surface area contributed by atoms with E-state index in [0.717, 1.165) is 5.39 Å². The molecule has 4 heteroatoms. The van der Waals surface area contributed by atoms with Gasteiger partial charge in [-0.2, -0.15) is 0 Å². The maximum absolute atomic E-state index is 12.0. The second kappa shape index (κ2) is 5.01. The molecular weight excluding hydrogens is 252 g/mol. The van der Waals surface area contributed by atoms with Crippen LogP contribution in [0, 0.1) is 0 Å². The standard InChI is InChI=1S/C16H12N2O2/c19-13-8-4-7-11-9-10-14(17-15(11)13)18-16(20)12-5-2-1-3-6-12/h1-10,19H,(H,17,18,20). The molecule has 2 aromatic carbocycles. The fourth-order valence-electron chi connectivity index (χ4n) is 1.98. The summed E-state index contributed by atoms with van der Waals surface area (Å²) in [7, 11) is 0. The van der Waals surface area contributed by atoms with Crippen molar-refractivity contribution in [3.63, 3.8) is 0 Å². The largest absolute Gasteiger partial charge is 0.506 e. The van der Waals surface area contributed by atoms with E-state index in [4.69, 9.17) is 0 Å². The van der Waals surface area contributed by atoms with E-state index >= 15 is 0 Å². The summed E-state index contributed by atoms with van der Waals surface area (Å²) < 4.78 is 0. The van der Waals surface area contributed by atoms with Crippen LogP contribution in [0.4, 0.5) is 5.82 Å². The monoisotopic (exact) mass is 264 g/mol. The van der Waals surface area contributed by atoms with Crippen LogP contribution in [0.25, 0.3) is 10.9 Å². The lowest BCUT2D eigenvalue weighted by molar-refractivity contribution is 0.102. The average Bonchev–Trinajstić information content (AvgIpc) is 2.49. The fourth-order valence-corrected chi connectivity index (χ4v) is 1.98. The molecule has 0 fully saturated rings. The number of anilines is 1. The van der Waals surface area contributed by atoms with Gasteiger partial charge in [0.1, 0.15) is 17.1 Å². The number of phenols is 1. The SMILES string of the molecule is O=C(Nc1ccc2cccc(O)c2n1)c1ccccc1. The molecule has 20 heavy (non-hydrogen) atoms. The van der Waals surface area contributed by atoms with Crippen molar-refractivity contribution in [2.24, 2.45) is 0 Å². The maximum Gasteiger partial charge on any atom is 0.256 e. The van der Waals surface area contributed by atoms with Gasteiger partial charge < -0.3 is 10.4 Å². The molecule has 0 bridgehead atoms. The van der Waals surface area contributed by atoms with Crippen molar-refractivity contribution in [2.75, 3.05) is 5.32 Å². The molecule has 98 valence electrons. The minimum absolute atomic E-state index is 0.0957. The molecule has 0 aliphatic rings. The number of hydrogen-bond acceptors (Lipinski definition) is 3. The number of nitrogens with one attached hydrogen (secondary N) is 1. The van der Waals surface area contributed by atoms with Crippen molar-refractivity contribution < 1.29 is 9.90 Å². The van der Waals surface area contributed by atoms with Crippen molar-refractivity contribution >= 4 is 22.6 Å². The second-order valence-corrected chi connectivity index (χ2v) is 4.37. The number of nitrogens with zero attached hydrogens (tertiary/aromatic N) is 1. The van der Waals surface area contributed by atoms with Gasteiger partial charge in [0, 0.05) is 10.9 Å². The summed E-state index contributed by atoms with van der Waals surface area (Å²) in [6.45, 7) is 0. The zero-order valence-electron chi connectivity index (χ0n) is 10.6. The molecule has 3 aromatic rings. The quantitative estimate of drug-likeness (QED) is 0.747. The van der Waals surface area contributed by atoms with Gasteiger partial charge in [0.2, 0.25) is 0 Å². The summed E-state index contributed by atoms with van der Waals surface area (Å²) in [5.74, 6) is 0.277. The molecule has 0 aliphatic carbocycles. The number of hydrogen-bond donors (Lipinski definition) is 2. The molecule has 2 N–H and O–H groups in total. The summed E-state index contributed by atoms with van der Waals surface area (Å²) in [4.78, 5) is 16.3. The number of fused-ring (bicyclic) bond motifs is 1. The Morgan fingerprint density at radius 3 is 2.55 bits per heavy atom. The number of amides is 1. The van der Waals surface area contributed by atoms with E-state index in [0.29, 0.717) is 16.9 Å². The van der Waals surface area contributed by atoms with Gasteiger partial charge in [-0.15, -0.1) is 0 Å². The summed E-state index contributed by atoms with van der Waals surface area (Å²) in [6, 6.07) is 17.6. The van der Waals surface area contributed by atoms with Gasteiger partial charge in [0.25, 0.3) is 5.91 Å². The number of phenolic OH excluding ortho intramolecular Hbond substituents is 1. The lowest BCUT2D eigenvalue weighted by atomic mass is 10.2. The second-order valence-electron chi connectivity index (χ2n) is 4.37. The number of rotatable bonds is 2. The molecule has 0 unspecified atom stereocenters. The minimum atomic E-state index is -0.229. The van der Waals surface area contributed by atoms with Crippen molar-refractivity contribution in [1.82, 2.24) is 4.98 Å². The van der Waals surface area contributed by atoms with Gasteiger partial charge in [-0.05, 0) is 30.3 Å². The van der Waals surface area contributed by atoms with Crippen molar-refractivity contribution in [1.29, 1.82) is 0 Å². The Bertz CT molecular complexity index is 770. The number of aromatic hydroxyl groups is 1. The van der Waals surface area contributed by atoms with Gasteiger partial charge in [-0.25, -0.2) is 4.98 Å². The molecule has 4 nitrogen and oxygen atoms in total. The van der Waals surface area contributed by atoms with Crippen LogP contribution in [0.5, 0.6) is 5.75 Å². The zero-order valence-corrected chi connectivity index (χ0v) is 10.6. The Kier molecular flexibility index (Phi) is 3.05. The predicted octanol–water partition coefficient (Wildman–Crippen LogP) is 3.19. The first-order valence-electron chi connectivity index (χ1n) is 6.19. The molecule has 3 rings (SSSR count). The molecule has 0 spiro atoms. The maximum atomic E-state index is 12.0. The van der Waals surface area contributed by atoms with Crippen molar-refractivity contribution in [3.8, 4) is 5.75 Å². The third kappa shape index (κ3) is 2.31. The molecule has 0 atom stereocenters. The molecule has 1 aromatic heterocycles. The highest BCUT2D eigenvalue weighted by atomic mass is 16.3. The number of carbonyl (C=O) groups excluding carboxylic acids is 1. The van der Waals surface area contributed by atoms with E-state index < -0.39 is 0 Å². The Balaban J connectivity index is 1.92. The van der Waals surface area contributed by atoms with E-state index in [2.05, 4.69) is 10.3 Å². The first-order chi connectivity index (χ1) is 9.74. The average molecular weight is 264 g/mol. The summed E-state index contributed by atoms with van der Waals surface area (Å²) in [5.41, 5.74) is 1.03. The highest BCUT2D eigenvalue weighted by Crippen LogP contribution is 2.23. The van der Waals surface area contributed by atoms with Crippen LogP contribution in [0.1, 0.15) is 10.4 Å². The third-order valence-corrected chi connectivity index (χ3v) is 2.98. The van der Waals surface area contributed by atoms with Gasteiger partial charge in [-0.1, -0.05) is 30.3 Å². The molecule has 0 radical (unpaired) electrons. The number of benzene rings is 2. The fraction of sp³-hybridized carbons (Fsp3) is 0. The number of carbonyl (C=O) groups is 1. The van der Waals surface area contributed by atoms with E-state index in [1.54, 1.807) is 42.5 Å². The Morgan fingerprint density at radius 1 is 0.950 bits per heavy atom. The lowest BCUT2D eigenvalue weighted by Crippen LogP contribution is -2.12. The van der Waals surface area contributed by atoms with Crippen LogP contribution in [0.15, 0.2) is 60.7 Å². The first kappa shape index (κ1) is 12.2. The topological polar surface area (TPSA) is 62.2 Å².